The summed E-state index contributed by atoms with van der Waals surface area (Å²) in [6.45, 7) is 9.28. The van der Waals surface area contributed by atoms with Crippen LogP contribution >= 0.6 is 0 Å². The Bertz CT molecular complexity index is 339. The molecule has 0 aliphatic carbocycles. The second-order valence-electron chi connectivity index (χ2n) is 5.29. The Kier molecular flexibility index (Phi) is 5.02. The highest BCUT2D eigenvalue weighted by molar-refractivity contribution is 5.44. The van der Waals surface area contributed by atoms with Gasteiger partial charge in [0.1, 0.15) is 0 Å². The summed E-state index contributed by atoms with van der Waals surface area (Å²) in [5, 5.41) is 3.48. The second kappa shape index (κ2) is 6.76. The number of nitrogens with one attached hydrogen (secondary N) is 1. The normalized spacial score (nSPS) is 17.9. The van der Waals surface area contributed by atoms with Gasteiger partial charge in [-0.3, -0.25) is 0 Å². The Labute approximate surface area is 111 Å². The number of hydrogen-bond donors (Lipinski definition) is 1. The summed E-state index contributed by atoms with van der Waals surface area (Å²) in [7, 11) is 2.20. The summed E-state index contributed by atoms with van der Waals surface area (Å²) in [4.78, 5) is 4.97. The van der Waals surface area contributed by atoms with Crippen molar-refractivity contribution in [1.29, 1.82) is 0 Å². The van der Waals surface area contributed by atoms with E-state index >= 15 is 0 Å². The molecule has 3 heteroatoms. The number of hydrogen-bond acceptors (Lipinski definition) is 3. The standard InChI is InChI=1S/C15H25N3/c1-14-4-6-15(7-5-14)16-8-3-9-18-12-10-17(2)11-13-18/h4-7,16H,3,8-13H2,1-2H3. The highest BCUT2D eigenvalue weighted by Crippen LogP contribution is 2.08. The van der Waals surface area contributed by atoms with Gasteiger partial charge in [0.15, 0.2) is 0 Å². The largest absolute Gasteiger partial charge is 0.385 e. The van der Waals surface area contributed by atoms with E-state index in [4.69, 9.17) is 0 Å². The van der Waals surface area contributed by atoms with Crippen molar-refractivity contribution in [2.75, 3.05) is 51.6 Å². The molecule has 100 valence electrons. The summed E-state index contributed by atoms with van der Waals surface area (Å²) >= 11 is 0. The molecule has 0 atom stereocenters. The first kappa shape index (κ1) is 13.4. The van der Waals surface area contributed by atoms with Gasteiger partial charge in [-0.25, -0.2) is 0 Å². The van der Waals surface area contributed by atoms with Gasteiger partial charge in [0.2, 0.25) is 0 Å². The molecular weight excluding hydrogens is 222 g/mol. The highest BCUT2D eigenvalue weighted by atomic mass is 15.2. The molecular formula is C15H25N3. The lowest BCUT2D eigenvalue weighted by Gasteiger charge is -2.32. The van der Waals surface area contributed by atoms with Gasteiger partial charge in [0.25, 0.3) is 0 Å². The molecule has 1 saturated heterocycles. The van der Waals surface area contributed by atoms with Gasteiger partial charge in [-0.2, -0.15) is 0 Å². The van der Waals surface area contributed by atoms with Crippen LogP contribution in [0.15, 0.2) is 24.3 Å². The molecule has 2 rings (SSSR count). The van der Waals surface area contributed by atoms with Crippen LogP contribution in [0.1, 0.15) is 12.0 Å². The summed E-state index contributed by atoms with van der Waals surface area (Å²) in [5.74, 6) is 0. The number of rotatable bonds is 5. The third-order valence-electron chi connectivity index (χ3n) is 3.63. The molecule has 0 unspecified atom stereocenters. The maximum Gasteiger partial charge on any atom is 0.0340 e. The predicted octanol–water partition coefficient (Wildman–Crippen LogP) is 2.04. The van der Waals surface area contributed by atoms with Crippen LogP contribution in [0.3, 0.4) is 0 Å². The van der Waals surface area contributed by atoms with Gasteiger partial charge in [-0.05, 0) is 39.1 Å². The Morgan fingerprint density at radius 1 is 1.06 bits per heavy atom. The van der Waals surface area contributed by atoms with Crippen molar-refractivity contribution in [3.63, 3.8) is 0 Å². The van der Waals surface area contributed by atoms with E-state index in [9.17, 15) is 0 Å². The minimum atomic E-state index is 1.06. The predicted molar refractivity (Wildman–Crippen MR) is 78.2 cm³/mol. The van der Waals surface area contributed by atoms with Crippen molar-refractivity contribution in [1.82, 2.24) is 9.80 Å². The Morgan fingerprint density at radius 2 is 1.72 bits per heavy atom. The maximum absolute atomic E-state index is 3.48. The van der Waals surface area contributed by atoms with E-state index in [0.29, 0.717) is 0 Å². The van der Waals surface area contributed by atoms with E-state index in [2.05, 4.69) is 53.4 Å². The van der Waals surface area contributed by atoms with Crippen LogP contribution in [0.5, 0.6) is 0 Å². The van der Waals surface area contributed by atoms with Crippen molar-refractivity contribution in [3.8, 4) is 0 Å². The molecule has 18 heavy (non-hydrogen) atoms. The first-order valence-corrected chi connectivity index (χ1v) is 6.95. The smallest absolute Gasteiger partial charge is 0.0340 e. The van der Waals surface area contributed by atoms with E-state index in [-0.39, 0.29) is 0 Å². The molecule has 1 aromatic rings. The number of nitrogens with zero attached hydrogens (tertiary/aromatic N) is 2. The van der Waals surface area contributed by atoms with Gasteiger partial charge >= 0.3 is 0 Å². The van der Waals surface area contributed by atoms with Gasteiger partial charge < -0.3 is 15.1 Å². The zero-order valence-electron chi connectivity index (χ0n) is 11.7. The van der Waals surface area contributed by atoms with E-state index in [1.165, 1.54) is 50.4 Å². The van der Waals surface area contributed by atoms with E-state index in [1.54, 1.807) is 0 Å². The lowest BCUT2D eigenvalue weighted by atomic mass is 10.2. The Balaban J connectivity index is 1.60. The van der Waals surface area contributed by atoms with Crippen LogP contribution in [0, 0.1) is 6.92 Å². The molecule has 0 radical (unpaired) electrons. The van der Waals surface area contributed by atoms with E-state index in [1.807, 2.05) is 0 Å². The molecule has 1 fully saturated rings. The van der Waals surface area contributed by atoms with Crippen LogP contribution in [0.25, 0.3) is 0 Å². The van der Waals surface area contributed by atoms with E-state index in [0.717, 1.165) is 6.54 Å². The fourth-order valence-corrected chi connectivity index (χ4v) is 2.28. The van der Waals surface area contributed by atoms with Crippen molar-refractivity contribution >= 4 is 5.69 Å². The molecule has 1 aliphatic rings. The summed E-state index contributed by atoms with van der Waals surface area (Å²) in [6, 6.07) is 8.63. The fraction of sp³-hybridized carbons (Fsp3) is 0.600. The molecule has 0 bridgehead atoms. The first-order chi connectivity index (χ1) is 8.74. The Hall–Kier alpha value is -1.06. The number of anilines is 1. The zero-order valence-corrected chi connectivity index (χ0v) is 11.7. The maximum atomic E-state index is 3.48. The zero-order chi connectivity index (χ0) is 12.8. The molecule has 0 saturated carbocycles. The molecule has 1 heterocycles. The van der Waals surface area contributed by atoms with E-state index < -0.39 is 0 Å². The van der Waals surface area contributed by atoms with Crippen molar-refractivity contribution in [2.45, 2.75) is 13.3 Å². The molecule has 1 aromatic carbocycles. The van der Waals surface area contributed by atoms with Crippen LogP contribution in [-0.4, -0.2) is 56.1 Å². The third-order valence-corrected chi connectivity index (χ3v) is 3.63. The molecule has 0 amide bonds. The van der Waals surface area contributed by atoms with Crippen molar-refractivity contribution in [3.05, 3.63) is 29.8 Å². The van der Waals surface area contributed by atoms with Crippen LogP contribution in [-0.2, 0) is 0 Å². The summed E-state index contributed by atoms with van der Waals surface area (Å²) < 4.78 is 0. The van der Waals surface area contributed by atoms with Gasteiger partial charge in [-0.1, -0.05) is 17.7 Å². The van der Waals surface area contributed by atoms with Crippen LogP contribution in [0.4, 0.5) is 5.69 Å². The Morgan fingerprint density at radius 3 is 2.39 bits per heavy atom. The molecule has 0 spiro atoms. The number of piperazine rings is 1. The molecule has 0 aromatic heterocycles. The first-order valence-electron chi connectivity index (χ1n) is 6.95. The fourth-order valence-electron chi connectivity index (χ4n) is 2.28. The topological polar surface area (TPSA) is 18.5 Å². The second-order valence-corrected chi connectivity index (χ2v) is 5.29. The minimum absolute atomic E-state index is 1.06. The lowest BCUT2D eigenvalue weighted by molar-refractivity contribution is 0.154. The minimum Gasteiger partial charge on any atom is -0.385 e. The molecule has 3 nitrogen and oxygen atoms in total. The summed E-state index contributed by atoms with van der Waals surface area (Å²) in [6.07, 6.45) is 1.22. The van der Waals surface area contributed by atoms with Gasteiger partial charge in [0, 0.05) is 38.4 Å². The van der Waals surface area contributed by atoms with Gasteiger partial charge in [-0.15, -0.1) is 0 Å². The third kappa shape index (κ3) is 4.31. The van der Waals surface area contributed by atoms with Crippen molar-refractivity contribution < 1.29 is 0 Å². The number of aryl methyl sites for hydroxylation is 1. The number of likely N-dealkylation sites (N-methyl/N-ethyl adjacent to an activating group) is 1. The summed E-state index contributed by atoms with van der Waals surface area (Å²) in [5.41, 5.74) is 2.55. The SMILES string of the molecule is Cc1ccc(NCCCN2CCN(C)CC2)cc1. The van der Waals surface area contributed by atoms with Crippen molar-refractivity contribution in [2.24, 2.45) is 0 Å². The average Bonchev–Trinajstić information content (AvgIpc) is 2.39. The highest BCUT2D eigenvalue weighted by Gasteiger charge is 2.12. The lowest BCUT2D eigenvalue weighted by Crippen LogP contribution is -2.44. The average molecular weight is 247 g/mol. The number of benzene rings is 1. The monoisotopic (exact) mass is 247 g/mol. The van der Waals surface area contributed by atoms with Crippen LogP contribution < -0.4 is 5.32 Å². The van der Waals surface area contributed by atoms with Gasteiger partial charge in [0.05, 0.1) is 0 Å². The van der Waals surface area contributed by atoms with Crippen LogP contribution in [0.2, 0.25) is 0 Å². The molecule has 1 aliphatic heterocycles. The molecule has 1 N–H and O–H groups in total. The quantitative estimate of drug-likeness (QED) is 0.803.